The molecular weight excluding hydrogens is 242 g/mol. The number of ether oxygens (including phenoxy) is 1. The van der Waals surface area contributed by atoms with Gasteiger partial charge in [-0.15, -0.1) is 0 Å². The second-order valence-corrected chi connectivity index (χ2v) is 4.26. The van der Waals surface area contributed by atoms with Crippen molar-refractivity contribution in [2.75, 3.05) is 0 Å². The first kappa shape index (κ1) is 11.5. The average molecular weight is 253 g/mol. The van der Waals surface area contributed by atoms with E-state index in [9.17, 15) is 9.59 Å². The monoisotopic (exact) mass is 253 g/mol. The summed E-state index contributed by atoms with van der Waals surface area (Å²) in [5, 5.41) is 2.64. The molecule has 0 aliphatic carbocycles. The van der Waals surface area contributed by atoms with Crippen LogP contribution >= 0.6 is 0 Å². The van der Waals surface area contributed by atoms with Gasteiger partial charge in [-0.1, -0.05) is 60.7 Å². The molecule has 0 atom stereocenters. The quantitative estimate of drug-likeness (QED) is 0.652. The molecule has 2 aromatic rings. The van der Waals surface area contributed by atoms with Crippen LogP contribution in [0, 0.1) is 0 Å². The van der Waals surface area contributed by atoms with Crippen LogP contribution in [-0.4, -0.2) is 11.9 Å². The van der Waals surface area contributed by atoms with E-state index in [0.29, 0.717) is 11.1 Å². The third-order valence-corrected chi connectivity index (χ3v) is 3.08. The fraction of sp³-hybridized carbons (Fsp3) is 0.0667. The molecule has 0 unspecified atom stereocenters. The summed E-state index contributed by atoms with van der Waals surface area (Å²) in [6, 6.07) is 18.3. The highest BCUT2D eigenvalue weighted by atomic mass is 16.6. The molecular formula is C15H11NO3. The van der Waals surface area contributed by atoms with E-state index in [2.05, 4.69) is 5.32 Å². The van der Waals surface area contributed by atoms with E-state index in [1.807, 2.05) is 60.7 Å². The van der Waals surface area contributed by atoms with Crippen LogP contribution in [0.4, 0.5) is 0 Å². The van der Waals surface area contributed by atoms with Crippen molar-refractivity contribution in [1.29, 1.82) is 0 Å². The van der Waals surface area contributed by atoms with Gasteiger partial charge in [0.25, 0.3) is 0 Å². The molecule has 1 heterocycles. The second-order valence-electron chi connectivity index (χ2n) is 4.26. The Kier molecular flexibility index (Phi) is 2.56. The highest BCUT2D eigenvalue weighted by molar-refractivity contribution is 6.34. The zero-order valence-corrected chi connectivity index (χ0v) is 10.00. The topological polar surface area (TPSA) is 55.4 Å². The number of nitrogens with one attached hydrogen (secondary N) is 1. The van der Waals surface area contributed by atoms with Crippen LogP contribution in [0.1, 0.15) is 11.1 Å². The Labute approximate surface area is 110 Å². The number of hydrogen-bond acceptors (Lipinski definition) is 3. The van der Waals surface area contributed by atoms with E-state index in [-0.39, 0.29) is 0 Å². The van der Waals surface area contributed by atoms with Crippen LogP contribution in [0.3, 0.4) is 0 Å². The van der Waals surface area contributed by atoms with Crippen molar-refractivity contribution in [1.82, 2.24) is 5.32 Å². The first-order valence-corrected chi connectivity index (χ1v) is 5.89. The summed E-state index contributed by atoms with van der Waals surface area (Å²) in [5.41, 5.74) is 0.192. The van der Waals surface area contributed by atoms with Crippen LogP contribution in [0.15, 0.2) is 60.7 Å². The molecule has 4 heteroatoms. The van der Waals surface area contributed by atoms with E-state index in [4.69, 9.17) is 4.74 Å². The third-order valence-electron chi connectivity index (χ3n) is 3.08. The van der Waals surface area contributed by atoms with Crippen molar-refractivity contribution in [2.24, 2.45) is 0 Å². The van der Waals surface area contributed by atoms with Gasteiger partial charge < -0.3 is 10.1 Å². The maximum absolute atomic E-state index is 11.6. The Morgan fingerprint density at radius 3 is 1.63 bits per heavy atom. The summed E-state index contributed by atoms with van der Waals surface area (Å²) < 4.78 is 5.33. The summed E-state index contributed by atoms with van der Waals surface area (Å²) in [4.78, 5) is 23.1. The SMILES string of the molecule is O=C1NC(c2ccccc2)(c2ccccc2)OC1=O. The lowest BCUT2D eigenvalue weighted by atomic mass is 9.94. The van der Waals surface area contributed by atoms with Gasteiger partial charge in [0, 0.05) is 11.1 Å². The number of benzene rings is 2. The third kappa shape index (κ3) is 1.78. The van der Waals surface area contributed by atoms with Gasteiger partial charge >= 0.3 is 11.9 Å². The molecule has 1 amide bonds. The van der Waals surface area contributed by atoms with Gasteiger partial charge in [0.1, 0.15) is 0 Å². The fourth-order valence-corrected chi connectivity index (χ4v) is 2.20. The zero-order chi connectivity index (χ0) is 13.3. The number of cyclic esters (lactones) is 1. The summed E-state index contributed by atoms with van der Waals surface area (Å²) in [5.74, 6) is -1.60. The van der Waals surface area contributed by atoms with Gasteiger partial charge in [-0.25, -0.2) is 4.79 Å². The Balaban J connectivity index is 2.18. The number of carbonyl (C=O) groups is 2. The summed E-state index contributed by atoms with van der Waals surface area (Å²) >= 11 is 0. The molecule has 1 aliphatic heterocycles. The van der Waals surface area contributed by atoms with Crippen LogP contribution in [0.25, 0.3) is 0 Å². The second kappa shape index (κ2) is 4.24. The molecule has 0 bridgehead atoms. The first-order chi connectivity index (χ1) is 9.22. The maximum atomic E-state index is 11.6. The van der Waals surface area contributed by atoms with E-state index in [0.717, 1.165) is 0 Å². The number of hydrogen-bond donors (Lipinski definition) is 1. The van der Waals surface area contributed by atoms with E-state index in [1.165, 1.54) is 0 Å². The van der Waals surface area contributed by atoms with Crippen molar-refractivity contribution in [2.45, 2.75) is 5.72 Å². The van der Waals surface area contributed by atoms with Crippen LogP contribution in [-0.2, 0) is 20.1 Å². The van der Waals surface area contributed by atoms with Crippen LogP contribution in [0.5, 0.6) is 0 Å². The van der Waals surface area contributed by atoms with E-state index in [1.54, 1.807) is 0 Å². The molecule has 1 N–H and O–H groups in total. The largest absolute Gasteiger partial charge is 0.423 e. The summed E-state index contributed by atoms with van der Waals surface area (Å²) in [7, 11) is 0. The van der Waals surface area contributed by atoms with E-state index >= 15 is 0 Å². The molecule has 4 nitrogen and oxygen atoms in total. The molecule has 19 heavy (non-hydrogen) atoms. The van der Waals surface area contributed by atoms with Crippen molar-refractivity contribution >= 4 is 11.9 Å². The number of esters is 1. The highest BCUT2D eigenvalue weighted by Crippen LogP contribution is 2.34. The summed E-state index contributed by atoms with van der Waals surface area (Å²) in [6.07, 6.45) is 0. The molecule has 0 spiro atoms. The molecule has 0 saturated carbocycles. The van der Waals surface area contributed by atoms with Gasteiger partial charge in [0.05, 0.1) is 0 Å². The standard InChI is InChI=1S/C15H11NO3/c17-13-14(18)19-15(16-13,11-7-3-1-4-8-11)12-9-5-2-6-10-12/h1-10H,(H,16,17). The minimum absolute atomic E-state index is 0.709. The van der Waals surface area contributed by atoms with Gasteiger partial charge in [0.15, 0.2) is 0 Å². The lowest BCUT2D eigenvalue weighted by Gasteiger charge is -2.28. The van der Waals surface area contributed by atoms with Crippen molar-refractivity contribution in [3.05, 3.63) is 71.8 Å². The minimum atomic E-state index is -1.23. The Hall–Kier alpha value is -2.62. The summed E-state index contributed by atoms with van der Waals surface area (Å²) in [6.45, 7) is 0. The fourth-order valence-electron chi connectivity index (χ4n) is 2.20. The molecule has 0 aromatic heterocycles. The average Bonchev–Trinajstić information content (AvgIpc) is 2.78. The normalized spacial score (nSPS) is 16.8. The van der Waals surface area contributed by atoms with Crippen LogP contribution < -0.4 is 5.32 Å². The molecule has 0 radical (unpaired) electrons. The predicted octanol–water partition coefficient (Wildman–Crippen LogP) is 1.56. The van der Waals surface area contributed by atoms with Gasteiger partial charge in [-0.05, 0) is 0 Å². The number of rotatable bonds is 2. The van der Waals surface area contributed by atoms with Gasteiger partial charge in [-0.2, -0.15) is 0 Å². The minimum Gasteiger partial charge on any atom is -0.423 e. The lowest BCUT2D eigenvalue weighted by molar-refractivity contribution is -0.152. The van der Waals surface area contributed by atoms with Crippen molar-refractivity contribution in [3.8, 4) is 0 Å². The maximum Gasteiger partial charge on any atom is 0.399 e. The van der Waals surface area contributed by atoms with Gasteiger partial charge in [0.2, 0.25) is 5.72 Å². The Morgan fingerprint density at radius 1 is 0.789 bits per heavy atom. The van der Waals surface area contributed by atoms with Gasteiger partial charge in [-0.3, -0.25) is 4.79 Å². The molecule has 94 valence electrons. The molecule has 1 saturated heterocycles. The Morgan fingerprint density at radius 2 is 1.26 bits per heavy atom. The van der Waals surface area contributed by atoms with Crippen molar-refractivity contribution < 1.29 is 14.3 Å². The Bertz CT molecular complexity index is 565. The smallest absolute Gasteiger partial charge is 0.399 e. The highest BCUT2D eigenvalue weighted by Gasteiger charge is 2.48. The molecule has 2 aromatic carbocycles. The molecule has 1 fully saturated rings. The molecule has 1 aliphatic rings. The van der Waals surface area contributed by atoms with Crippen molar-refractivity contribution in [3.63, 3.8) is 0 Å². The zero-order valence-electron chi connectivity index (χ0n) is 10.00. The van der Waals surface area contributed by atoms with E-state index < -0.39 is 17.6 Å². The van der Waals surface area contributed by atoms with Crippen LogP contribution in [0.2, 0.25) is 0 Å². The number of amides is 1. The first-order valence-electron chi connectivity index (χ1n) is 5.89. The molecule has 3 rings (SSSR count). The predicted molar refractivity (Wildman–Crippen MR) is 67.9 cm³/mol. The number of carbonyl (C=O) groups excluding carboxylic acids is 2. The lowest BCUT2D eigenvalue weighted by Crippen LogP contribution is -2.40.